The lowest BCUT2D eigenvalue weighted by Crippen LogP contribution is -2.13. The van der Waals surface area contributed by atoms with Crippen LogP contribution >= 0.6 is 34.3 Å². The summed E-state index contributed by atoms with van der Waals surface area (Å²) in [6.07, 6.45) is 0.270. The van der Waals surface area contributed by atoms with E-state index in [1.54, 1.807) is 35.6 Å². The monoisotopic (exact) mass is 376 g/mol. The van der Waals surface area contributed by atoms with Crippen LogP contribution in [-0.4, -0.2) is 16.7 Å². The zero-order valence-corrected chi connectivity index (χ0v) is 14.9. The normalized spacial score (nSPS) is 10.5. The lowest BCUT2D eigenvalue weighted by atomic mass is 10.1. The van der Waals surface area contributed by atoms with Gasteiger partial charge in [-0.25, -0.2) is 4.98 Å². The number of Topliss-reactive ketones (excluding diaryl/α,β-unsaturated/α-hetero) is 1. The lowest BCUT2D eigenvalue weighted by Gasteiger charge is -2.02. The van der Waals surface area contributed by atoms with Gasteiger partial charge >= 0.3 is 0 Å². The zero-order chi connectivity index (χ0) is 16.9. The molecule has 4 nitrogen and oxygen atoms in total. The highest BCUT2D eigenvalue weighted by Crippen LogP contribution is 2.28. The predicted octanol–water partition coefficient (Wildman–Crippen LogP) is 5.13. The van der Waals surface area contributed by atoms with E-state index in [2.05, 4.69) is 10.3 Å². The van der Waals surface area contributed by atoms with Crippen molar-refractivity contribution in [3.8, 4) is 10.6 Å². The van der Waals surface area contributed by atoms with Gasteiger partial charge in [0.2, 0.25) is 5.91 Å². The Kier molecular flexibility index (Phi) is 5.40. The van der Waals surface area contributed by atoms with Crippen molar-refractivity contribution in [2.24, 2.45) is 0 Å². The van der Waals surface area contributed by atoms with Crippen LogP contribution in [0.1, 0.15) is 23.2 Å². The van der Waals surface area contributed by atoms with Crippen molar-refractivity contribution in [2.45, 2.75) is 12.8 Å². The fourth-order valence-corrected chi connectivity index (χ4v) is 3.67. The number of carbonyl (C=O) groups excluding carboxylic acids is 2. The number of carbonyl (C=O) groups is 2. The first-order valence-corrected chi connectivity index (χ1v) is 9.33. The van der Waals surface area contributed by atoms with E-state index in [4.69, 9.17) is 11.6 Å². The molecule has 2 heterocycles. The van der Waals surface area contributed by atoms with Gasteiger partial charge in [0.05, 0.1) is 10.6 Å². The highest BCUT2D eigenvalue weighted by atomic mass is 35.5. The molecule has 0 radical (unpaired) electrons. The molecular weight excluding hydrogens is 364 g/mol. The highest BCUT2D eigenvalue weighted by molar-refractivity contribution is 7.16. The molecule has 1 aromatic carbocycles. The molecule has 0 aliphatic carbocycles. The van der Waals surface area contributed by atoms with Crippen molar-refractivity contribution < 1.29 is 9.59 Å². The number of nitrogens with zero attached hydrogens (tertiary/aromatic N) is 1. The minimum atomic E-state index is -0.218. The Morgan fingerprint density at radius 1 is 1.08 bits per heavy atom. The number of hydrogen-bond acceptors (Lipinski definition) is 5. The van der Waals surface area contributed by atoms with Crippen LogP contribution in [0, 0.1) is 0 Å². The second-order valence-electron chi connectivity index (χ2n) is 4.99. The van der Waals surface area contributed by atoms with Crippen LogP contribution in [-0.2, 0) is 4.79 Å². The Balaban J connectivity index is 1.52. The fourth-order valence-electron chi connectivity index (χ4n) is 2.06. The molecule has 0 unspecified atom stereocenters. The van der Waals surface area contributed by atoms with Gasteiger partial charge in [-0.1, -0.05) is 17.7 Å². The molecule has 24 heavy (non-hydrogen) atoms. The average molecular weight is 377 g/mol. The molecule has 0 atom stereocenters. The number of amides is 1. The molecule has 2 aromatic heterocycles. The topological polar surface area (TPSA) is 59.1 Å². The molecule has 7 heteroatoms. The quantitative estimate of drug-likeness (QED) is 0.607. The molecule has 0 aliphatic rings. The van der Waals surface area contributed by atoms with Crippen LogP contribution in [0.15, 0.2) is 47.2 Å². The summed E-state index contributed by atoms with van der Waals surface area (Å²) >= 11 is 8.76. The van der Waals surface area contributed by atoms with E-state index in [0.29, 0.717) is 15.7 Å². The number of rotatable bonds is 6. The summed E-state index contributed by atoms with van der Waals surface area (Å²) in [6.45, 7) is 0. The third-order valence-corrected chi connectivity index (χ3v) is 5.17. The van der Waals surface area contributed by atoms with E-state index in [-0.39, 0.29) is 24.5 Å². The summed E-state index contributed by atoms with van der Waals surface area (Å²) in [6, 6.07) is 10.6. The first-order valence-electron chi connectivity index (χ1n) is 7.20. The maximum absolute atomic E-state index is 12.0. The molecule has 1 amide bonds. The van der Waals surface area contributed by atoms with Gasteiger partial charge in [0, 0.05) is 28.8 Å². The largest absolute Gasteiger partial charge is 0.302 e. The summed E-state index contributed by atoms with van der Waals surface area (Å²) in [4.78, 5) is 29.5. The van der Waals surface area contributed by atoms with Crippen molar-refractivity contribution in [2.75, 3.05) is 5.32 Å². The van der Waals surface area contributed by atoms with Crippen molar-refractivity contribution in [1.29, 1.82) is 0 Å². The number of thiophene rings is 1. The number of anilines is 1. The zero-order valence-electron chi connectivity index (χ0n) is 12.5. The molecule has 0 aliphatic heterocycles. The number of aromatic nitrogens is 1. The number of thiazole rings is 1. The molecule has 0 saturated carbocycles. The number of ketones is 1. The Labute approximate surface area is 152 Å². The van der Waals surface area contributed by atoms with Crippen LogP contribution in [0.4, 0.5) is 5.13 Å². The minimum absolute atomic E-state index is 0.0831. The van der Waals surface area contributed by atoms with Gasteiger partial charge in [-0.05, 0) is 35.7 Å². The second kappa shape index (κ2) is 7.70. The third kappa shape index (κ3) is 4.29. The van der Waals surface area contributed by atoms with Crippen molar-refractivity contribution in [3.05, 3.63) is 57.7 Å². The highest BCUT2D eigenvalue weighted by Gasteiger charge is 2.12. The molecule has 0 fully saturated rings. The average Bonchev–Trinajstić information content (AvgIpc) is 3.24. The molecule has 3 rings (SSSR count). The number of nitrogens with one attached hydrogen (secondary N) is 1. The van der Waals surface area contributed by atoms with E-state index in [1.165, 1.54) is 11.3 Å². The maximum Gasteiger partial charge on any atom is 0.226 e. The third-order valence-electron chi connectivity index (χ3n) is 3.27. The first kappa shape index (κ1) is 16.8. The van der Waals surface area contributed by atoms with Crippen LogP contribution < -0.4 is 5.32 Å². The van der Waals surface area contributed by atoms with Gasteiger partial charge in [0.1, 0.15) is 0 Å². The van der Waals surface area contributed by atoms with E-state index in [0.717, 1.165) is 10.6 Å². The van der Waals surface area contributed by atoms with Crippen LogP contribution in [0.3, 0.4) is 0 Å². The van der Waals surface area contributed by atoms with Gasteiger partial charge in [-0.2, -0.15) is 0 Å². The van der Waals surface area contributed by atoms with Gasteiger partial charge in [0.25, 0.3) is 0 Å². The standard InChI is InChI=1S/C17H13ClN2O2S2/c18-12-5-3-11(4-6-12)14(21)7-8-16(22)20-17-19-13(10-24-17)15-2-1-9-23-15/h1-6,9-10H,7-8H2,(H,19,20,22). The molecular formula is C17H13ClN2O2S2. The lowest BCUT2D eigenvalue weighted by molar-refractivity contribution is -0.116. The van der Waals surface area contributed by atoms with Gasteiger partial charge < -0.3 is 5.32 Å². The summed E-state index contributed by atoms with van der Waals surface area (Å²) in [5.74, 6) is -0.301. The first-order chi connectivity index (χ1) is 11.6. The van der Waals surface area contributed by atoms with E-state index in [1.807, 2.05) is 22.9 Å². The number of halogens is 1. The molecule has 0 spiro atoms. The molecule has 0 bridgehead atoms. The smallest absolute Gasteiger partial charge is 0.226 e. The SMILES string of the molecule is O=C(CCC(=O)c1ccc(Cl)cc1)Nc1nc(-c2cccs2)cs1. The van der Waals surface area contributed by atoms with Crippen molar-refractivity contribution >= 4 is 51.1 Å². The number of benzene rings is 1. The summed E-state index contributed by atoms with van der Waals surface area (Å²) in [7, 11) is 0. The molecule has 0 saturated heterocycles. The fraction of sp³-hybridized carbons (Fsp3) is 0.118. The van der Waals surface area contributed by atoms with Crippen LogP contribution in [0.25, 0.3) is 10.6 Å². The number of hydrogen-bond donors (Lipinski definition) is 1. The van der Waals surface area contributed by atoms with Gasteiger partial charge in [0.15, 0.2) is 10.9 Å². The van der Waals surface area contributed by atoms with Crippen LogP contribution in [0.5, 0.6) is 0 Å². The Hall–Kier alpha value is -2.02. The van der Waals surface area contributed by atoms with Gasteiger partial charge in [-0.3, -0.25) is 9.59 Å². The van der Waals surface area contributed by atoms with Crippen LogP contribution in [0.2, 0.25) is 5.02 Å². The Bertz CT molecular complexity index is 842. The van der Waals surface area contributed by atoms with E-state index >= 15 is 0 Å². The van der Waals surface area contributed by atoms with E-state index < -0.39 is 0 Å². The van der Waals surface area contributed by atoms with E-state index in [9.17, 15) is 9.59 Å². The second-order valence-corrected chi connectivity index (χ2v) is 7.24. The maximum atomic E-state index is 12.0. The molecule has 3 aromatic rings. The van der Waals surface area contributed by atoms with Crippen molar-refractivity contribution in [3.63, 3.8) is 0 Å². The molecule has 1 N–H and O–H groups in total. The minimum Gasteiger partial charge on any atom is -0.302 e. The van der Waals surface area contributed by atoms with Gasteiger partial charge in [-0.15, -0.1) is 22.7 Å². The summed E-state index contributed by atoms with van der Waals surface area (Å²) < 4.78 is 0. The molecule has 122 valence electrons. The summed E-state index contributed by atoms with van der Waals surface area (Å²) in [5.41, 5.74) is 1.41. The van der Waals surface area contributed by atoms with Crippen molar-refractivity contribution in [1.82, 2.24) is 4.98 Å². The Morgan fingerprint density at radius 3 is 2.58 bits per heavy atom. The predicted molar refractivity (Wildman–Crippen MR) is 99.1 cm³/mol. The Morgan fingerprint density at radius 2 is 1.88 bits per heavy atom. The summed E-state index contributed by atoms with van der Waals surface area (Å²) in [5, 5.41) is 7.75.